The van der Waals surface area contributed by atoms with Crippen molar-refractivity contribution < 1.29 is 4.79 Å². The number of carbonyl (C=O) groups is 1. The van der Waals surface area contributed by atoms with Crippen molar-refractivity contribution in [2.75, 3.05) is 0 Å². The molecule has 0 atom stereocenters. The van der Waals surface area contributed by atoms with Crippen molar-refractivity contribution in [1.82, 2.24) is 15.1 Å². The van der Waals surface area contributed by atoms with E-state index in [1.54, 1.807) is 6.20 Å². The lowest BCUT2D eigenvalue weighted by atomic mass is 9.84. The zero-order chi connectivity index (χ0) is 16.2. The first-order chi connectivity index (χ1) is 11.2. The van der Waals surface area contributed by atoms with Gasteiger partial charge in [0.2, 0.25) is 0 Å². The Kier molecular flexibility index (Phi) is 4.79. The third kappa shape index (κ3) is 3.46. The van der Waals surface area contributed by atoms with Crippen LogP contribution in [0.3, 0.4) is 0 Å². The molecule has 1 aliphatic carbocycles. The fourth-order valence-electron chi connectivity index (χ4n) is 3.44. The summed E-state index contributed by atoms with van der Waals surface area (Å²) in [5.41, 5.74) is 2.54. The number of para-hydroxylation sites is 1. The molecule has 3 rings (SSSR count). The van der Waals surface area contributed by atoms with Gasteiger partial charge in [0.05, 0.1) is 23.1 Å². The summed E-state index contributed by atoms with van der Waals surface area (Å²) in [6.45, 7) is 4.20. The van der Waals surface area contributed by atoms with E-state index < -0.39 is 0 Å². The van der Waals surface area contributed by atoms with Crippen molar-refractivity contribution in [1.29, 1.82) is 0 Å². The van der Waals surface area contributed by atoms with Crippen molar-refractivity contribution in [2.45, 2.75) is 52.0 Å². The Labute approximate surface area is 137 Å². The standard InChI is InChI=1S/C19H25N3O/c1-3-15-9-11-16(12-10-15)21-19(23)18-13-20-22(14(18)2)17-7-5-4-6-8-17/h4-8,13,15-16H,3,9-12H2,1-2H3,(H,21,23). The highest BCUT2D eigenvalue weighted by molar-refractivity contribution is 5.95. The number of nitrogens with zero attached hydrogens (tertiary/aromatic N) is 2. The zero-order valence-corrected chi connectivity index (χ0v) is 14.0. The fourth-order valence-corrected chi connectivity index (χ4v) is 3.44. The highest BCUT2D eigenvalue weighted by Crippen LogP contribution is 2.26. The number of nitrogens with one attached hydrogen (secondary N) is 1. The maximum absolute atomic E-state index is 12.6. The van der Waals surface area contributed by atoms with Crippen molar-refractivity contribution in [3.8, 4) is 5.69 Å². The molecule has 0 spiro atoms. The van der Waals surface area contributed by atoms with Crippen LogP contribution < -0.4 is 5.32 Å². The minimum absolute atomic E-state index is 0.00429. The molecule has 1 saturated carbocycles. The van der Waals surface area contributed by atoms with Crippen LogP contribution in [0.5, 0.6) is 0 Å². The first kappa shape index (κ1) is 15.8. The molecule has 0 aliphatic heterocycles. The molecule has 23 heavy (non-hydrogen) atoms. The second-order valence-corrected chi connectivity index (χ2v) is 6.49. The van der Waals surface area contributed by atoms with E-state index in [-0.39, 0.29) is 5.91 Å². The molecule has 0 radical (unpaired) electrons. The molecule has 1 aromatic heterocycles. The quantitative estimate of drug-likeness (QED) is 0.931. The number of rotatable bonds is 4. The average Bonchev–Trinajstić information content (AvgIpc) is 2.98. The summed E-state index contributed by atoms with van der Waals surface area (Å²) in [4.78, 5) is 12.6. The van der Waals surface area contributed by atoms with E-state index in [0.717, 1.165) is 30.1 Å². The van der Waals surface area contributed by atoms with E-state index in [9.17, 15) is 4.79 Å². The van der Waals surface area contributed by atoms with Crippen LogP contribution in [0.4, 0.5) is 0 Å². The number of aromatic nitrogens is 2. The summed E-state index contributed by atoms with van der Waals surface area (Å²) in [5, 5.41) is 7.57. The van der Waals surface area contributed by atoms with Gasteiger partial charge in [-0.15, -0.1) is 0 Å². The molecule has 0 saturated heterocycles. The molecule has 1 fully saturated rings. The maximum Gasteiger partial charge on any atom is 0.254 e. The molecule has 1 aromatic carbocycles. The number of hydrogen-bond acceptors (Lipinski definition) is 2. The number of carbonyl (C=O) groups excluding carboxylic acids is 1. The minimum Gasteiger partial charge on any atom is -0.349 e. The summed E-state index contributed by atoms with van der Waals surface area (Å²) in [5.74, 6) is 0.843. The van der Waals surface area contributed by atoms with Gasteiger partial charge in [0, 0.05) is 6.04 Å². The van der Waals surface area contributed by atoms with E-state index >= 15 is 0 Å². The van der Waals surface area contributed by atoms with Gasteiger partial charge >= 0.3 is 0 Å². The predicted octanol–water partition coefficient (Wildman–Crippen LogP) is 3.88. The largest absolute Gasteiger partial charge is 0.349 e. The van der Waals surface area contributed by atoms with Gasteiger partial charge in [-0.3, -0.25) is 4.79 Å². The third-order valence-corrected chi connectivity index (χ3v) is 5.01. The molecule has 1 heterocycles. The highest BCUT2D eigenvalue weighted by Gasteiger charge is 2.23. The second kappa shape index (κ2) is 6.99. The molecular weight excluding hydrogens is 286 g/mol. The van der Waals surface area contributed by atoms with Crippen LogP contribution in [-0.4, -0.2) is 21.7 Å². The van der Waals surface area contributed by atoms with Gasteiger partial charge in [-0.25, -0.2) is 4.68 Å². The lowest BCUT2D eigenvalue weighted by molar-refractivity contribution is 0.0921. The zero-order valence-electron chi connectivity index (χ0n) is 14.0. The number of hydrogen-bond donors (Lipinski definition) is 1. The Balaban J connectivity index is 1.68. The monoisotopic (exact) mass is 311 g/mol. The van der Waals surface area contributed by atoms with Gasteiger partial charge in [-0.1, -0.05) is 31.5 Å². The molecule has 1 N–H and O–H groups in total. The number of amides is 1. The van der Waals surface area contributed by atoms with E-state index in [2.05, 4.69) is 17.3 Å². The van der Waals surface area contributed by atoms with Crippen LogP contribution in [0.25, 0.3) is 5.69 Å². The lowest BCUT2D eigenvalue weighted by Gasteiger charge is -2.28. The Morgan fingerprint density at radius 1 is 1.22 bits per heavy atom. The summed E-state index contributed by atoms with van der Waals surface area (Å²) in [6.07, 6.45) is 7.57. The van der Waals surface area contributed by atoms with Gasteiger partial charge in [0.1, 0.15) is 0 Å². The normalized spacial score (nSPS) is 21.1. The Morgan fingerprint density at radius 3 is 2.57 bits per heavy atom. The van der Waals surface area contributed by atoms with Crippen molar-refractivity contribution in [3.63, 3.8) is 0 Å². The van der Waals surface area contributed by atoms with E-state index in [4.69, 9.17) is 0 Å². The van der Waals surface area contributed by atoms with Gasteiger partial charge in [-0.05, 0) is 50.7 Å². The van der Waals surface area contributed by atoms with Gasteiger partial charge in [0.15, 0.2) is 0 Å². The molecule has 0 unspecified atom stereocenters. The second-order valence-electron chi connectivity index (χ2n) is 6.49. The molecule has 1 aliphatic rings. The van der Waals surface area contributed by atoms with Gasteiger partial charge in [-0.2, -0.15) is 5.10 Å². The topological polar surface area (TPSA) is 46.9 Å². The van der Waals surface area contributed by atoms with Crippen molar-refractivity contribution in [3.05, 3.63) is 47.8 Å². The average molecular weight is 311 g/mol. The molecule has 2 aromatic rings. The van der Waals surface area contributed by atoms with Crippen molar-refractivity contribution >= 4 is 5.91 Å². The molecule has 1 amide bonds. The first-order valence-electron chi connectivity index (χ1n) is 8.60. The fraction of sp³-hybridized carbons (Fsp3) is 0.474. The lowest BCUT2D eigenvalue weighted by Crippen LogP contribution is -2.37. The summed E-state index contributed by atoms with van der Waals surface area (Å²) in [6, 6.07) is 10.2. The SMILES string of the molecule is CCC1CCC(NC(=O)c2cnn(-c3ccccc3)c2C)CC1. The highest BCUT2D eigenvalue weighted by atomic mass is 16.1. The molecular formula is C19H25N3O. The van der Waals surface area contributed by atoms with Gasteiger partial charge in [0.25, 0.3) is 5.91 Å². The maximum atomic E-state index is 12.6. The minimum atomic E-state index is 0.00429. The summed E-state index contributed by atoms with van der Waals surface area (Å²) in [7, 11) is 0. The molecule has 4 nitrogen and oxygen atoms in total. The van der Waals surface area contributed by atoms with E-state index in [1.165, 1.54) is 19.3 Å². The molecule has 0 bridgehead atoms. The van der Waals surface area contributed by atoms with Gasteiger partial charge < -0.3 is 5.32 Å². The molecule has 4 heteroatoms. The Hall–Kier alpha value is -2.10. The van der Waals surface area contributed by atoms with Crippen LogP contribution in [0.2, 0.25) is 0 Å². The Bertz CT molecular complexity index is 655. The number of benzene rings is 1. The van der Waals surface area contributed by atoms with Crippen LogP contribution >= 0.6 is 0 Å². The first-order valence-corrected chi connectivity index (χ1v) is 8.60. The van der Waals surface area contributed by atoms with E-state index in [0.29, 0.717) is 11.6 Å². The summed E-state index contributed by atoms with van der Waals surface area (Å²) >= 11 is 0. The Morgan fingerprint density at radius 2 is 1.91 bits per heavy atom. The molecule has 122 valence electrons. The van der Waals surface area contributed by atoms with E-state index in [1.807, 2.05) is 41.9 Å². The van der Waals surface area contributed by atoms with Crippen LogP contribution in [-0.2, 0) is 0 Å². The van der Waals surface area contributed by atoms with Crippen LogP contribution in [0.1, 0.15) is 55.1 Å². The predicted molar refractivity (Wildman–Crippen MR) is 91.8 cm³/mol. The smallest absolute Gasteiger partial charge is 0.254 e. The van der Waals surface area contributed by atoms with Crippen LogP contribution in [0.15, 0.2) is 36.5 Å². The third-order valence-electron chi connectivity index (χ3n) is 5.01. The summed E-state index contributed by atoms with van der Waals surface area (Å²) < 4.78 is 1.82. The van der Waals surface area contributed by atoms with Crippen LogP contribution in [0, 0.1) is 12.8 Å². The van der Waals surface area contributed by atoms with Crippen molar-refractivity contribution in [2.24, 2.45) is 5.92 Å².